The molecule has 0 radical (unpaired) electrons. The Hall–Kier alpha value is -4.23. The molecule has 0 bridgehead atoms. The van der Waals surface area contributed by atoms with Crippen LogP contribution >= 0.6 is 11.6 Å². The standard InChI is InChI=1S/C26H17ClFN3O3/c27-22-12-19(5-7-24(22)34-14-16-2-1-3-18(28)10-16)31-26-21-11-17(4-6-23(21)29-15-30-26)20-8-9-33-25(20)13-32/h1-13,15H,14H2,(H,29,30,31). The monoisotopic (exact) mass is 473 g/mol. The van der Waals surface area contributed by atoms with Gasteiger partial charge < -0.3 is 14.5 Å². The maximum Gasteiger partial charge on any atom is 0.185 e. The van der Waals surface area contributed by atoms with E-state index in [2.05, 4.69) is 15.3 Å². The molecule has 1 N–H and O–H groups in total. The lowest BCUT2D eigenvalue weighted by molar-refractivity contribution is 0.110. The molecule has 34 heavy (non-hydrogen) atoms. The highest BCUT2D eigenvalue weighted by Crippen LogP contribution is 2.33. The minimum Gasteiger partial charge on any atom is -0.487 e. The summed E-state index contributed by atoms with van der Waals surface area (Å²) in [5.74, 6) is 0.994. The fourth-order valence-electron chi connectivity index (χ4n) is 3.59. The Balaban J connectivity index is 1.39. The molecule has 0 aliphatic heterocycles. The lowest BCUT2D eigenvalue weighted by Gasteiger charge is -2.12. The molecule has 0 unspecified atom stereocenters. The normalized spacial score (nSPS) is 10.9. The minimum absolute atomic E-state index is 0.195. The van der Waals surface area contributed by atoms with E-state index in [0.29, 0.717) is 39.7 Å². The first kappa shape index (κ1) is 21.6. The number of anilines is 2. The molecule has 2 heterocycles. The zero-order chi connectivity index (χ0) is 23.5. The number of nitrogens with zero attached hydrogens (tertiary/aromatic N) is 2. The number of furan rings is 1. The van der Waals surface area contributed by atoms with Crippen molar-refractivity contribution in [2.75, 3.05) is 5.32 Å². The number of ether oxygens (including phenoxy) is 1. The van der Waals surface area contributed by atoms with E-state index in [0.717, 1.165) is 16.5 Å². The molecule has 3 aromatic carbocycles. The topological polar surface area (TPSA) is 77.2 Å². The second-order valence-electron chi connectivity index (χ2n) is 7.46. The lowest BCUT2D eigenvalue weighted by atomic mass is 10.0. The number of hydrogen-bond donors (Lipinski definition) is 1. The van der Waals surface area contributed by atoms with Gasteiger partial charge in [0, 0.05) is 16.6 Å². The van der Waals surface area contributed by atoms with Gasteiger partial charge in [0.25, 0.3) is 0 Å². The molecule has 0 atom stereocenters. The van der Waals surface area contributed by atoms with Crippen LogP contribution in [0.25, 0.3) is 22.0 Å². The van der Waals surface area contributed by atoms with Gasteiger partial charge in [-0.05, 0) is 59.7 Å². The lowest BCUT2D eigenvalue weighted by Crippen LogP contribution is -1.99. The first-order valence-corrected chi connectivity index (χ1v) is 10.7. The summed E-state index contributed by atoms with van der Waals surface area (Å²) >= 11 is 6.42. The van der Waals surface area contributed by atoms with Crippen molar-refractivity contribution in [2.45, 2.75) is 6.61 Å². The van der Waals surface area contributed by atoms with Gasteiger partial charge in [-0.2, -0.15) is 0 Å². The maximum atomic E-state index is 13.4. The van der Waals surface area contributed by atoms with Crippen LogP contribution in [0.15, 0.2) is 83.7 Å². The van der Waals surface area contributed by atoms with Crippen molar-refractivity contribution in [2.24, 2.45) is 0 Å². The number of carbonyl (C=O) groups excluding carboxylic acids is 1. The molecule has 5 rings (SSSR count). The highest BCUT2D eigenvalue weighted by atomic mass is 35.5. The van der Waals surface area contributed by atoms with Crippen LogP contribution in [0.5, 0.6) is 5.75 Å². The van der Waals surface area contributed by atoms with Crippen molar-refractivity contribution in [1.29, 1.82) is 0 Å². The molecule has 5 aromatic rings. The molecule has 6 nitrogen and oxygen atoms in total. The molecule has 0 saturated heterocycles. The summed E-state index contributed by atoms with van der Waals surface area (Å²) in [6.07, 6.45) is 3.63. The van der Waals surface area contributed by atoms with Gasteiger partial charge in [0.1, 0.15) is 30.3 Å². The molecule has 0 aliphatic carbocycles. The van der Waals surface area contributed by atoms with Gasteiger partial charge in [0.15, 0.2) is 12.0 Å². The quantitative estimate of drug-likeness (QED) is 0.261. The van der Waals surface area contributed by atoms with Crippen LogP contribution in [-0.4, -0.2) is 16.3 Å². The van der Waals surface area contributed by atoms with Crippen LogP contribution in [0.1, 0.15) is 16.1 Å². The fourth-order valence-corrected chi connectivity index (χ4v) is 3.83. The van der Waals surface area contributed by atoms with Gasteiger partial charge in [-0.15, -0.1) is 0 Å². The van der Waals surface area contributed by atoms with Crippen molar-refractivity contribution >= 4 is 40.3 Å². The van der Waals surface area contributed by atoms with E-state index in [1.165, 1.54) is 24.7 Å². The predicted molar refractivity (Wildman–Crippen MR) is 128 cm³/mol. The molecule has 0 fully saturated rings. The predicted octanol–water partition coefficient (Wildman–Crippen LogP) is 6.82. The van der Waals surface area contributed by atoms with E-state index in [9.17, 15) is 9.18 Å². The first-order valence-electron chi connectivity index (χ1n) is 10.3. The van der Waals surface area contributed by atoms with E-state index in [1.807, 2.05) is 24.3 Å². The van der Waals surface area contributed by atoms with Gasteiger partial charge >= 0.3 is 0 Å². The third-order valence-electron chi connectivity index (χ3n) is 5.23. The number of halogens is 2. The number of benzene rings is 3. The highest BCUT2D eigenvalue weighted by molar-refractivity contribution is 6.32. The number of carbonyl (C=O) groups is 1. The molecular weight excluding hydrogens is 457 g/mol. The Morgan fingerprint density at radius 2 is 1.97 bits per heavy atom. The fraction of sp³-hybridized carbons (Fsp3) is 0.0385. The molecule has 0 amide bonds. The number of fused-ring (bicyclic) bond motifs is 1. The van der Waals surface area contributed by atoms with Gasteiger partial charge in [-0.25, -0.2) is 14.4 Å². The van der Waals surface area contributed by atoms with Crippen molar-refractivity contribution in [1.82, 2.24) is 9.97 Å². The number of nitrogens with one attached hydrogen (secondary N) is 1. The Morgan fingerprint density at radius 1 is 1.06 bits per heavy atom. The van der Waals surface area contributed by atoms with Crippen LogP contribution in [-0.2, 0) is 6.61 Å². The average molecular weight is 474 g/mol. The summed E-state index contributed by atoms with van der Waals surface area (Å²) in [6.45, 7) is 0.195. The molecule has 8 heteroatoms. The Labute approximate surface area is 199 Å². The van der Waals surface area contributed by atoms with Crippen LogP contribution in [0.4, 0.5) is 15.9 Å². The number of aldehydes is 1. The van der Waals surface area contributed by atoms with Gasteiger partial charge in [-0.3, -0.25) is 4.79 Å². The third kappa shape index (κ3) is 4.46. The van der Waals surface area contributed by atoms with Crippen molar-refractivity contribution < 1.29 is 18.3 Å². The zero-order valence-corrected chi connectivity index (χ0v) is 18.4. The van der Waals surface area contributed by atoms with Gasteiger partial charge in [0.05, 0.1) is 16.8 Å². The van der Waals surface area contributed by atoms with Gasteiger partial charge in [-0.1, -0.05) is 29.8 Å². The molecular formula is C26H17ClFN3O3. The molecule has 168 valence electrons. The summed E-state index contributed by atoms with van der Waals surface area (Å²) in [6, 6.07) is 18.8. The van der Waals surface area contributed by atoms with E-state index in [4.69, 9.17) is 20.8 Å². The molecule has 2 aromatic heterocycles. The van der Waals surface area contributed by atoms with Crippen LogP contribution < -0.4 is 10.1 Å². The Morgan fingerprint density at radius 3 is 2.79 bits per heavy atom. The highest BCUT2D eigenvalue weighted by Gasteiger charge is 2.12. The van der Waals surface area contributed by atoms with Crippen molar-refractivity contribution in [3.05, 3.63) is 101 Å². The summed E-state index contributed by atoms with van der Waals surface area (Å²) in [7, 11) is 0. The third-order valence-corrected chi connectivity index (χ3v) is 5.52. The Bertz CT molecular complexity index is 1500. The van der Waals surface area contributed by atoms with Crippen LogP contribution in [0.2, 0.25) is 5.02 Å². The van der Waals surface area contributed by atoms with Crippen molar-refractivity contribution in [3.8, 4) is 16.9 Å². The smallest absolute Gasteiger partial charge is 0.185 e. The number of rotatable bonds is 7. The molecule has 0 aliphatic rings. The summed E-state index contributed by atoms with van der Waals surface area (Å²) < 4.78 is 24.3. The average Bonchev–Trinajstić information content (AvgIpc) is 3.33. The largest absolute Gasteiger partial charge is 0.487 e. The minimum atomic E-state index is -0.317. The maximum absolute atomic E-state index is 13.4. The Kier molecular flexibility index (Phi) is 5.93. The van der Waals surface area contributed by atoms with Gasteiger partial charge in [0.2, 0.25) is 0 Å². The summed E-state index contributed by atoms with van der Waals surface area (Å²) in [4.78, 5) is 20.0. The summed E-state index contributed by atoms with van der Waals surface area (Å²) in [5.41, 5.74) is 3.63. The zero-order valence-electron chi connectivity index (χ0n) is 17.7. The molecule has 0 spiro atoms. The summed E-state index contributed by atoms with van der Waals surface area (Å²) in [5, 5.41) is 4.43. The second-order valence-corrected chi connectivity index (χ2v) is 7.87. The van der Waals surface area contributed by atoms with E-state index in [1.54, 1.807) is 30.3 Å². The number of aromatic nitrogens is 2. The first-order chi connectivity index (χ1) is 16.6. The van der Waals surface area contributed by atoms with Crippen molar-refractivity contribution in [3.63, 3.8) is 0 Å². The second kappa shape index (κ2) is 9.33. The van der Waals surface area contributed by atoms with Crippen LogP contribution in [0.3, 0.4) is 0 Å². The van der Waals surface area contributed by atoms with E-state index < -0.39 is 0 Å². The number of hydrogen-bond acceptors (Lipinski definition) is 6. The van der Waals surface area contributed by atoms with E-state index in [-0.39, 0.29) is 18.2 Å². The van der Waals surface area contributed by atoms with Crippen LogP contribution in [0, 0.1) is 5.82 Å². The molecule has 0 saturated carbocycles. The SMILES string of the molecule is O=Cc1occc1-c1ccc2ncnc(Nc3ccc(OCc4cccc(F)c4)c(Cl)c3)c2c1. The van der Waals surface area contributed by atoms with E-state index >= 15 is 0 Å².